The first-order chi connectivity index (χ1) is 14.3. The average Bonchev–Trinajstić information content (AvgIpc) is 2.65. The minimum atomic E-state index is -4.62. The summed E-state index contributed by atoms with van der Waals surface area (Å²) >= 11 is 0. The summed E-state index contributed by atoms with van der Waals surface area (Å²) in [6.45, 7) is 8.26. The highest BCUT2D eigenvalue weighted by molar-refractivity contribution is 5.66. The van der Waals surface area contributed by atoms with E-state index in [0.29, 0.717) is 25.4 Å². The van der Waals surface area contributed by atoms with Crippen molar-refractivity contribution in [1.29, 1.82) is 0 Å². The molecule has 2 aliphatic heterocycles. The smallest absolute Gasteiger partial charge is 0.410 e. The molecule has 2 fully saturated rings. The molecular weight excluding hydrogens is 417 g/mol. The van der Waals surface area contributed by atoms with Gasteiger partial charge in [-0.15, -0.1) is 0 Å². The van der Waals surface area contributed by atoms with Crippen molar-refractivity contribution in [1.82, 2.24) is 9.88 Å². The van der Waals surface area contributed by atoms with E-state index in [9.17, 15) is 23.1 Å². The Labute approximate surface area is 179 Å². The number of aromatic nitrogens is 1. The van der Waals surface area contributed by atoms with Crippen LogP contribution >= 0.6 is 0 Å². The standard InChI is InChI=1S/C20H29F3N4O4/c1-13-12-30-8-7-26(13)14-9-16(24-17(10-14)31-19(2,3)4)27-6-5-25(18(28)29)11-15(27)20(21,22)23/h9-10,13,15H,5-8,11-12H2,1-4H3,(H,28,29)/t13-,15?/m1/s1. The van der Waals surface area contributed by atoms with Crippen molar-refractivity contribution in [3.05, 3.63) is 12.1 Å². The van der Waals surface area contributed by atoms with Gasteiger partial charge in [-0.25, -0.2) is 4.79 Å². The van der Waals surface area contributed by atoms with Gasteiger partial charge in [-0.05, 0) is 27.7 Å². The van der Waals surface area contributed by atoms with Gasteiger partial charge in [0, 0.05) is 43.5 Å². The molecule has 2 aliphatic rings. The lowest BCUT2D eigenvalue weighted by Crippen LogP contribution is -2.60. The summed E-state index contributed by atoms with van der Waals surface area (Å²) in [4.78, 5) is 19.6. The number of nitrogens with zero attached hydrogens (tertiary/aromatic N) is 4. The molecule has 1 unspecified atom stereocenters. The number of halogens is 3. The van der Waals surface area contributed by atoms with Crippen LogP contribution in [0, 0.1) is 0 Å². The molecule has 1 aromatic heterocycles. The molecule has 2 atom stereocenters. The zero-order chi connectivity index (χ0) is 23.0. The van der Waals surface area contributed by atoms with Crippen LogP contribution < -0.4 is 14.5 Å². The second-order valence-electron chi connectivity index (χ2n) is 8.83. The van der Waals surface area contributed by atoms with Gasteiger partial charge in [0.2, 0.25) is 5.88 Å². The Morgan fingerprint density at radius 1 is 1.19 bits per heavy atom. The third-order valence-corrected chi connectivity index (χ3v) is 5.21. The summed E-state index contributed by atoms with van der Waals surface area (Å²) in [6.07, 6.45) is -5.99. The molecular formula is C20H29F3N4O4. The third kappa shape index (κ3) is 5.63. The number of hydrogen-bond acceptors (Lipinski definition) is 6. The van der Waals surface area contributed by atoms with E-state index in [2.05, 4.69) is 9.88 Å². The number of anilines is 2. The van der Waals surface area contributed by atoms with Gasteiger partial charge in [0.15, 0.2) is 0 Å². The zero-order valence-electron chi connectivity index (χ0n) is 18.1. The molecule has 3 heterocycles. The van der Waals surface area contributed by atoms with Crippen molar-refractivity contribution in [2.24, 2.45) is 0 Å². The molecule has 11 heteroatoms. The highest BCUT2D eigenvalue weighted by Crippen LogP contribution is 2.35. The summed E-state index contributed by atoms with van der Waals surface area (Å²) < 4.78 is 52.9. The zero-order valence-corrected chi connectivity index (χ0v) is 18.1. The number of hydrogen-bond donors (Lipinski definition) is 1. The van der Waals surface area contributed by atoms with Gasteiger partial charge in [0.1, 0.15) is 17.5 Å². The topological polar surface area (TPSA) is 78.4 Å². The number of carboxylic acid groups (broad SMARTS) is 1. The van der Waals surface area contributed by atoms with Crippen molar-refractivity contribution < 1.29 is 32.5 Å². The Kier molecular flexibility index (Phi) is 6.45. The van der Waals surface area contributed by atoms with Crippen molar-refractivity contribution in [2.45, 2.75) is 51.6 Å². The lowest BCUT2D eigenvalue weighted by atomic mass is 10.1. The molecule has 0 radical (unpaired) electrons. The molecule has 0 aromatic carbocycles. The van der Waals surface area contributed by atoms with Gasteiger partial charge in [0.25, 0.3) is 0 Å². The first kappa shape index (κ1) is 23.2. The maximum Gasteiger partial charge on any atom is 0.410 e. The number of amides is 1. The molecule has 0 bridgehead atoms. The van der Waals surface area contributed by atoms with E-state index in [1.54, 1.807) is 12.1 Å². The van der Waals surface area contributed by atoms with Crippen molar-refractivity contribution in [2.75, 3.05) is 49.2 Å². The summed E-state index contributed by atoms with van der Waals surface area (Å²) in [5, 5.41) is 9.18. The fourth-order valence-corrected chi connectivity index (χ4v) is 3.78. The molecule has 174 valence electrons. The molecule has 2 saturated heterocycles. The number of rotatable bonds is 3. The van der Waals surface area contributed by atoms with Crippen LogP contribution in [0.5, 0.6) is 5.88 Å². The van der Waals surface area contributed by atoms with E-state index in [-0.39, 0.29) is 30.8 Å². The van der Waals surface area contributed by atoms with E-state index in [1.165, 1.54) is 0 Å². The maximum absolute atomic E-state index is 13.9. The predicted octanol–water partition coefficient (Wildman–Crippen LogP) is 3.21. The van der Waals surface area contributed by atoms with Crippen LogP contribution in [0.25, 0.3) is 0 Å². The average molecular weight is 446 g/mol. The van der Waals surface area contributed by atoms with E-state index in [0.717, 1.165) is 9.80 Å². The normalized spacial score (nSPS) is 23.1. The van der Waals surface area contributed by atoms with Gasteiger partial charge < -0.3 is 29.3 Å². The second-order valence-corrected chi connectivity index (χ2v) is 8.83. The second kappa shape index (κ2) is 8.60. The SMILES string of the molecule is C[C@@H]1COCCN1c1cc(OC(C)(C)C)nc(N2CCN(C(=O)O)CC2C(F)(F)F)c1. The van der Waals surface area contributed by atoms with Gasteiger partial charge in [-0.2, -0.15) is 18.2 Å². The number of morpholine rings is 1. The first-order valence-corrected chi connectivity index (χ1v) is 10.2. The lowest BCUT2D eigenvalue weighted by molar-refractivity contribution is -0.155. The molecule has 1 aromatic rings. The van der Waals surface area contributed by atoms with Crippen LogP contribution in [0.1, 0.15) is 27.7 Å². The number of pyridine rings is 1. The quantitative estimate of drug-likeness (QED) is 0.764. The molecule has 0 aliphatic carbocycles. The molecule has 31 heavy (non-hydrogen) atoms. The van der Waals surface area contributed by atoms with E-state index < -0.39 is 30.5 Å². The van der Waals surface area contributed by atoms with Crippen LogP contribution in [-0.2, 0) is 4.74 Å². The largest absolute Gasteiger partial charge is 0.472 e. The first-order valence-electron chi connectivity index (χ1n) is 10.2. The predicted molar refractivity (Wildman–Crippen MR) is 109 cm³/mol. The fourth-order valence-electron chi connectivity index (χ4n) is 3.78. The summed E-state index contributed by atoms with van der Waals surface area (Å²) in [6, 6.07) is 1.39. The summed E-state index contributed by atoms with van der Waals surface area (Å²) in [5.41, 5.74) is 0.104. The van der Waals surface area contributed by atoms with E-state index in [1.807, 2.05) is 27.7 Å². The molecule has 0 saturated carbocycles. The van der Waals surface area contributed by atoms with Crippen molar-refractivity contribution in [3.8, 4) is 5.88 Å². The highest BCUT2D eigenvalue weighted by atomic mass is 19.4. The maximum atomic E-state index is 13.9. The van der Waals surface area contributed by atoms with E-state index in [4.69, 9.17) is 9.47 Å². The Morgan fingerprint density at radius 2 is 1.90 bits per heavy atom. The number of ether oxygens (including phenoxy) is 2. The minimum Gasteiger partial charge on any atom is -0.472 e. The van der Waals surface area contributed by atoms with Gasteiger partial charge >= 0.3 is 12.3 Å². The molecule has 8 nitrogen and oxygen atoms in total. The molecule has 1 amide bonds. The van der Waals surface area contributed by atoms with Crippen LogP contribution in [-0.4, -0.2) is 84.3 Å². The summed E-state index contributed by atoms with van der Waals surface area (Å²) in [5.74, 6) is 0.336. The Balaban J connectivity index is 2.02. The Hall–Kier alpha value is -2.43. The summed E-state index contributed by atoms with van der Waals surface area (Å²) in [7, 11) is 0. The lowest BCUT2D eigenvalue weighted by Gasteiger charge is -2.42. The Morgan fingerprint density at radius 3 is 2.48 bits per heavy atom. The van der Waals surface area contributed by atoms with Gasteiger partial charge in [0.05, 0.1) is 19.8 Å². The highest BCUT2D eigenvalue weighted by Gasteiger charge is 2.48. The molecule has 0 spiro atoms. The monoisotopic (exact) mass is 446 g/mol. The van der Waals surface area contributed by atoms with Crippen LogP contribution in [0.3, 0.4) is 0 Å². The minimum absolute atomic E-state index is 0.0359. The number of carbonyl (C=O) groups is 1. The fraction of sp³-hybridized carbons (Fsp3) is 0.700. The molecule has 3 rings (SSSR count). The van der Waals surface area contributed by atoms with Crippen LogP contribution in [0.2, 0.25) is 0 Å². The van der Waals surface area contributed by atoms with Crippen LogP contribution in [0.15, 0.2) is 12.1 Å². The molecule has 1 N–H and O–H groups in total. The van der Waals surface area contributed by atoms with Crippen molar-refractivity contribution in [3.63, 3.8) is 0 Å². The van der Waals surface area contributed by atoms with Crippen LogP contribution in [0.4, 0.5) is 29.5 Å². The van der Waals surface area contributed by atoms with Crippen molar-refractivity contribution >= 4 is 17.6 Å². The third-order valence-electron chi connectivity index (χ3n) is 5.21. The number of alkyl halides is 3. The number of piperazine rings is 1. The van der Waals surface area contributed by atoms with Gasteiger partial charge in [-0.1, -0.05) is 0 Å². The van der Waals surface area contributed by atoms with Gasteiger partial charge in [-0.3, -0.25) is 0 Å². The van der Waals surface area contributed by atoms with E-state index >= 15 is 0 Å². The Bertz CT molecular complexity index is 800.